The van der Waals surface area contributed by atoms with Crippen LogP contribution in [0.3, 0.4) is 0 Å². The second-order valence-corrected chi connectivity index (χ2v) is 13.3. The smallest absolute Gasteiger partial charge is 0.243 e. The van der Waals surface area contributed by atoms with Gasteiger partial charge in [0.25, 0.3) is 0 Å². The predicted molar refractivity (Wildman–Crippen MR) is 159 cm³/mol. The number of carbonyl (C=O) groups is 2. The van der Waals surface area contributed by atoms with Crippen molar-refractivity contribution in [1.29, 1.82) is 0 Å². The van der Waals surface area contributed by atoms with Crippen LogP contribution in [-0.2, 0) is 32.6 Å². The number of nitrogens with zero attached hydrogens (tertiary/aromatic N) is 2. The number of rotatable bonds is 12. The molecule has 9 heteroatoms. The molecule has 0 aromatic heterocycles. The Kier molecular flexibility index (Phi) is 10.9. The lowest BCUT2D eigenvalue weighted by Crippen LogP contribution is -2.54. The molecule has 2 amide bonds. The topological polar surface area (TPSA) is 86.8 Å². The van der Waals surface area contributed by atoms with E-state index in [1.807, 2.05) is 63.2 Å². The molecule has 0 aliphatic heterocycles. The van der Waals surface area contributed by atoms with Crippen molar-refractivity contribution in [2.24, 2.45) is 0 Å². The second-order valence-electron chi connectivity index (χ2n) is 10.8. The van der Waals surface area contributed by atoms with Crippen LogP contribution in [0.4, 0.5) is 0 Å². The molecule has 7 nitrogen and oxygen atoms in total. The van der Waals surface area contributed by atoms with E-state index in [1.165, 1.54) is 11.4 Å². The molecule has 0 spiro atoms. The molecule has 40 heavy (non-hydrogen) atoms. The molecule has 0 saturated heterocycles. The molecule has 0 saturated carbocycles. The van der Waals surface area contributed by atoms with Crippen molar-refractivity contribution in [3.8, 4) is 0 Å². The molecule has 3 rings (SSSR count). The minimum Gasteiger partial charge on any atom is -0.350 e. The van der Waals surface area contributed by atoms with E-state index in [-0.39, 0.29) is 36.2 Å². The molecule has 0 bridgehead atoms. The number of carbonyl (C=O) groups excluding carboxylic acids is 2. The Morgan fingerprint density at radius 2 is 1.50 bits per heavy atom. The lowest BCUT2D eigenvalue weighted by atomic mass is 10.00. The third-order valence-corrected chi connectivity index (χ3v) is 8.43. The van der Waals surface area contributed by atoms with Gasteiger partial charge >= 0.3 is 0 Å². The number of halogens is 1. The van der Waals surface area contributed by atoms with Gasteiger partial charge in [0.2, 0.25) is 21.8 Å². The van der Waals surface area contributed by atoms with E-state index in [4.69, 9.17) is 11.6 Å². The Labute approximate surface area is 243 Å². The van der Waals surface area contributed by atoms with Crippen molar-refractivity contribution in [3.63, 3.8) is 0 Å². The highest BCUT2D eigenvalue weighted by Gasteiger charge is 2.32. The summed E-state index contributed by atoms with van der Waals surface area (Å²) < 4.78 is 27.1. The van der Waals surface area contributed by atoms with Crippen molar-refractivity contribution in [3.05, 3.63) is 101 Å². The van der Waals surface area contributed by atoms with Crippen LogP contribution >= 0.6 is 11.6 Å². The minimum atomic E-state index is -3.67. The van der Waals surface area contributed by atoms with Gasteiger partial charge in [-0.2, -0.15) is 0 Å². The third kappa shape index (κ3) is 9.18. The fourth-order valence-corrected chi connectivity index (χ4v) is 5.77. The first-order valence-electron chi connectivity index (χ1n) is 13.3. The predicted octanol–water partition coefficient (Wildman–Crippen LogP) is 5.30. The number of sulfonamides is 1. The first-order chi connectivity index (χ1) is 18.9. The van der Waals surface area contributed by atoms with Gasteiger partial charge in [-0.3, -0.25) is 9.59 Å². The number of amides is 2. The van der Waals surface area contributed by atoms with Gasteiger partial charge in [-0.1, -0.05) is 72.3 Å². The van der Waals surface area contributed by atoms with Crippen molar-refractivity contribution in [1.82, 2.24) is 14.5 Å². The Morgan fingerprint density at radius 1 is 0.900 bits per heavy atom. The zero-order chi connectivity index (χ0) is 29.3. The van der Waals surface area contributed by atoms with Crippen LogP contribution in [0.1, 0.15) is 44.7 Å². The normalized spacial score (nSPS) is 12.7. The van der Waals surface area contributed by atoms with E-state index in [0.717, 1.165) is 11.1 Å². The van der Waals surface area contributed by atoms with E-state index in [2.05, 4.69) is 5.32 Å². The van der Waals surface area contributed by atoms with Crippen LogP contribution in [0.15, 0.2) is 89.8 Å². The van der Waals surface area contributed by atoms with Gasteiger partial charge in [-0.05, 0) is 62.6 Å². The van der Waals surface area contributed by atoms with Gasteiger partial charge in [-0.15, -0.1) is 0 Å². The van der Waals surface area contributed by atoms with E-state index < -0.39 is 21.6 Å². The summed E-state index contributed by atoms with van der Waals surface area (Å²) in [6.07, 6.45) is 0.701. The molecule has 0 aliphatic rings. The lowest BCUT2D eigenvalue weighted by molar-refractivity contribution is -0.142. The molecule has 1 atom stereocenters. The summed E-state index contributed by atoms with van der Waals surface area (Å²) >= 11 is 6.23. The van der Waals surface area contributed by atoms with Crippen LogP contribution in [0.5, 0.6) is 0 Å². The molecule has 0 unspecified atom stereocenters. The number of hydrogen-bond acceptors (Lipinski definition) is 4. The Bertz CT molecular complexity index is 1380. The third-order valence-electron chi connectivity index (χ3n) is 6.33. The van der Waals surface area contributed by atoms with Gasteiger partial charge < -0.3 is 10.2 Å². The van der Waals surface area contributed by atoms with Crippen LogP contribution in [0.25, 0.3) is 0 Å². The molecule has 0 heterocycles. The van der Waals surface area contributed by atoms with E-state index in [1.54, 1.807) is 47.4 Å². The molecule has 0 aliphatic carbocycles. The second kappa shape index (κ2) is 13.9. The average Bonchev–Trinajstić information content (AvgIpc) is 2.90. The molecular weight excluding hydrogens is 546 g/mol. The van der Waals surface area contributed by atoms with Crippen molar-refractivity contribution in [2.45, 2.75) is 63.1 Å². The SMILES string of the molecule is CN(CCCC(=O)N(Cc1cccc(Cl)c1)[C@H](Cc1ccccc1)C(=O)NC(C)(C)C)S(=O)(=O)c1ccccc1. The molecule has 214 valence electrons. The average molecular weight is 584 g/mol. The summed E-state index contributed by atoms with van der Waals surface area (Å²) in [5, 5.41) is 3.58. The molecule has 0 radical (unpaired) electrons. The molecule has 1 N–H and O–H groups in total. The number of benzene rings is 3. The minimum absolute atomic E-state index is 0.0727. The first-order valence-corrected chi connectivity index (χ1v) is 15.1. The first kappa shape index (κ1) is 31.3. The van der Waals surface area contributed by atoms with Crippen molar-refractivity contribution < 1.29 is 18.0 Å². The van der Waals surface area contributed by atoms with E-state index in [9.17, 15) is 18.0 Å². The summed E-state index contributed by atoms with van der Waals surface area (Å²) in [6, 6.07) is 24.2. The fourth-order valence-electron chi connectivity index (χ4n) is 4.33. The Balaban J connectivity index is 1.85. The zero-order valence-corrected chi connectivity index (χ0v) is 25.1. The van der Waals surface area contributed by atoms with Crippen LogP contribution in [0.2, 0.25) is 5.02 Å². The summed E-state index contributed by atoms with van der Waals surface area (Å²) in [4.78, 5) is 29.2. The Morgan fingerprint density at radius 3 is 2.10 bits per heavy atom. The van der Waals surface area contributed by atoms with E-state index >= 15 is 0 Å². The van der Waals surface area contributed by atoms with Gasteiger partial charge in [-0.25, -0.2) is 12.7 Å². The summed E-state index contributed by atoms with van der Waals surface area (Å²) in [5.74, 6) is -0.494. The Hall–Kier alpha value is -3.20. The summed E-state index contributed by atoms with van der Waals surface area (Å²) in [7, 11) is -2.17. The number of hydrogen-bond donors (Lipinski definition) is 1. The maximum atomic E-state index is 13.8. The van der Waals surface area contributed by atoms with Gasteiger partial charge in [0, 0.05) is 43.5 Å². The quantitative estimate of drug-likeness (QED) is 0.314. The van der Waals surface area contributed by atoms with Gasteiger partial charge in [0.05, 0.1) is 4.90 Å². The van der Waals surface area contributed by atoms with Crippen LogP contribution in [0, 0.1) is 0 Å². The van der Waals surface area contributed by atoms with E-state index in [0.29, 0.717) is 17.9 Å². The lowest BCUT2D eigenvalue weighted by Gasteiger charge is -2.34. The maximum absolute atomic E-state index is 13.8. The largest absolute Gasteiger partial charge is 0.350 e. The molecule has 3 aromatic rings. The number of nitrogens with one attached hydrogen (secondary N) is 1. The monoisotopic (exact) mass is 583 g/mol. The highest BCUT2D eigenvalue weighted by atomic mass is 35.5. The summed E-state index contributed by atoms with van der Waals surface area (Å²) in [5.41, 5.74) is 1.23. The van der Waals surface area contributed by atoms with Crippen molar-refractivity contribution in [2.75, 3.05) is 13.6 Å². The van der Waals surface area contributed by atoms with Gasteiger partial charge in [0.1, 0.15) is 6.04 Å². The highest BCUT2D eigenvalue weighted by Crippen LogP contribution is 2.20. The molecule has 0 fully saturated rings. The van der Waals surface area contributed by atoms with Gasteiger partial charge in [0.15, 0.2) is 0 Å². The molecular formula is C31H38ClN3O4S. The fraction of sp³-hybridized carbons (Fsp3) is 0.355. The zero-order valence-electron chi connectivity index (χ0n) is 23.5. The van der Waals surface area contributed by atoms with Crippen LogP contribution in [-0.4, -0.2) is 54.6 Å². The maximum Gasteiger partial charge on any atom is 0.243 e. The van der Waals surface area contributed by atoms with Crippen molar-refractivity contribution >= 4 is 33.4 Å². The highest BCUT2D eigenvalue weighted by molar-refractivity contribution is 7.89. The van der Waals surface area contributed by atoms with Crippen LogP contribution < -0.4 is 5.32 Å². The molecule has 3 aromatic carbocycles. The summed E-state index contributed by atoms with van der Waals surface area (Å²) in [6.45, 7) is 6.04. The standard InChI is InChI=1S/C31H38ClN3O4S/c1-31(2,3)33-30(37)28(22-24-13-7-5-8-14-24)35(23-25-15-11-16-26(32)21-25)29(36)19-12-20-34(4)40(38,39)27-17-9-6-10-18-27/h5-11,13-18,21,28H,12,19-20,22-23H2,1-4H3,(H,33,37)/t28-/m1/s1.